The summed E-state index contributed by atoms with van der Waals surface area (Å²) in [6.07, 6.45) is 0. The van der Waals surface area contributed by atoms with Gasteiger partial charge in [-0.15, -0.1) is 0 Å². The number of benzene rings is 14. The molecule has 5 aromatic heterocycles. The Balaban J connectivity index is 0.787. The first-order valence-corrected chi connectivity index (χ1v) is 32.1. The summed E-state index contributed by atoms with van der Waals surface area (Å²) in [5.74, 6) is 0.585. The Hall–Kier alpha value is -12.6. The van der Waals surface area contributed by atoms with Gasteiger partial charge in [0.25, 0.3) is 0 Å². The fourth-order valence-corrected chi connectivity index (χ4v) is 14.9. The van der Waals surface area contributed by atoms with Crippen molar-refractivity contribution in [2.75, 3.05) is 0 Å². The van der Waals surface area contributed by atoms with Gasteiger partial charge in [0.05, 0.1) is 55.5 Å². The van der Waals surface area contributed by atoms with Crippen molar-refractivity contribution in [1.29, 1.82) is 0 Å². The molecule has 0 N–H and O–H groups in total. The van der Waals surface area contributed by atoms with Gasteiger partial charge < -0.3 is 13.7 Å². The molecule has 0 saturated carbocycles. The lowest BCUT2D eigenvalue weighted by Crippen LogP contribution is -2.05. The highest BCUT2D eigenvalue weighted by atomic mass is 15.2. The smallest absolute Gasteiger partial charge is 0.235 e. The van der Waals surface area contributed by atoms with E-state index in [0.717, 1.165) is 111 Å². The number of rotatable bonds is 10. The Labute approximate surface area is 542 Å². The molecule has 19 rings (SSSR count). The molecule has 0 aliphatic rings. The van der Waals surface area contributed by atoms with E-state index in [1.807, 2.05) is 0 Å². The molecule has 0 bridgehead atoms. The molecule has 0 saturated heterocycles. The largest absolute Gasteiger partial charge is 0.309 e. The van der Waals surface area contributed by atoms with Crippen LogP contribution in [-0.4, -0.2) is 28.2 Å². The topological polar surface area (TPSA) is 45.5 Å². The lowest BCUT2D eigenvalue weighted by molar-refractivity contribution is 0.995. The highest BCUT2D eigenvalue weighted by Crippen LogP contribution is 2.43. The van der Waals surface area contributed by atoms with Crippen molar-refractivity contribution in [3.8, 4) is 90.0 Å². The third-order valence-corrected chi connectivity index (χ3v) is 19.2. The average Bonchev–Trinajstić information content (AvgIpc) is 1.59. The fourth-order valence-electron chi connectivity index (χ4n) is 14.9. The molecule has 0 aliphatic heterocycles. The van der Waals surface area contributed by atoms with Gasteiger partial charge in [0.15, 0.2) is 0 Å². The second kappa shape index (κ2) is 21.5. The Morgan fingerprint density at radius 3 is 1.07 bits per heavy atom. The first kappa shape index (κ1) is 53.2. The number of hydrogen-bond donors (Lipinski definition) is 0. The first-order valence-electron chi connectivity index (χ1n) is 32.1. The molecule has 14 aromatic carbocycles. The molecule has 6 nitrogen and oxygen atoms in total. The molecule has 0 radical (unpaired) electrons. The highest BCUT2D eigenvalue weighted by Gasteiger charge is 2.23. The van der Waals surface area contributed by atoms with Crippen LogP contribution in [0.5, 0.6) is 0 Å². The van der Waals surface area contributed by atoms with E-state index in [9.17, 15) is 0 Å². The number of aromatic nitrogens is 6. The van der Waals surface area contributed by atoms with E-state index < -0.39 is 0 Å². The number of hydrogen-bond acceptors (Lipinski definition) is 2. The third-order valence-electron chi connectivity index (χ3n) is 19.2. The zero-order valence-electron chi connectivity index (χ0n) is 51.0. The zero-order valence-corrected chi connectivity index (χ0v) is 51.0. The fraction of sp³-hybridized carbons (Fsp3) is 0. The molecule has 0 amide bonds. The van der Waals surface area contributed by atoms with Gasteiger partial charge >= 0.3 is 0 Å². The predicted octanol–water partition coefficient (Wildman–Crippen LogP) is 22.9. The molecule has 0 spiro atoms. The van der Waals surface area contributed by atoms with Crippen molar-refractivity contribution in [2.45, 2.75) is 0 Å². The predicted molar refractivity (Wildman–Crippen MR) is 392 cm³/mol. The minimum atomic E-state index is 0.585. The SMILES string of the molecule is c1ccc(-c2ccc(-c3ccccc3)c(-c3cc(-c4cccc(-n5c6ccccc6c6cc(-c7ccc8c9ccccc9n(-c9ccccc9)c8c7)ccc65)c4)nc(-n4c5ccccc5c5cc(-c6ccc7c8ccccc8n(-c8ccccc8)c7c6)ccc54)n3)c2)cc1. The second-order valence-corrected chi connectivity index (χ2v) is 24.5. The maximum absolute atomic E-state index is 5.74. The molecule has 94 heavy (non-hydrogen) atoms. The number of fused-ring (bicyclic) bond motifs is 12. The van der Waals surface area contributed by atoms with E-state index in [4.69, 9.17) is 9.97 Å². The van der Waals surface area contributed by atoms with E-state index in [1.54, 1.807) is 0 Å². The average molecular weight is 1200 g/mol. The van der Waals surface area contributed by atoms with Gasteiger partial charge in [0, 0.05) is 71.3 Å². The Morgan fingerprint density at radius 1 is 0.170 bits per heavy atom. The van der Waals surface area contributed by atoms with Gasteiger partial charge in [-0.2, -0.15) is 0 Å². The lowest BCUT2D eigenvalue weighted by Gasteiger charge is -2.16. The maximum atomic E-state index is 5.74. The maximum Gasteiger partial charge on any atom is 0.235 e. The van der Waals surface area contributed by atoms with Crippen molar-refractivity contribution in [2.24, 2.45) is 0 Å². The van der Waals surface area contributed by atoms with Crippen LogP contribution in [0.2, 0.25) is 0 Å². The zero-order chi connectivity index (χ0) is 61.8. The van der Waals surface area contributed by atoms with Crippen LogP contribution in [0.15, 0.2) is 340 Å². The minimum Gasteiger partial charge on any atom is -0.309 e. The second-order valence-electron chi connectivity index (χ2n) is 24.5. The molecular formula is C88H56N6. The van der Waals surface area contributed by atoms with Crippen molar-refractivity contribution in [1.82, 2.24) is 28.2 Å². The molecule has 0 aliphatic carbocycles. The van der Waals surface area contributed by atoms with Crippen LogP contribution in [0.4, 0.5) is 0 Å². The summed E-state index contributed by atoms with van der Waals surface area (Å²) in [5.41, 5.74) is 25.0. The summed E-state index contributed by atoms with van der Waals surface area (Å²) in [6.45, 7) is 0. The summed E-state index contributed by atoms with van der Waals surface area (Å²) in [6, 6.07) is 123. The van der Waals surface area contributed by atoms with E-state index in [-0.39, 0.29) is 0 Å². The van der Waals surface area contributed by atoms with Gasteiger partial charge in [-0.05, 0) is 154 Å². The molecule has 0 atom stereocenters. The van der Waals surface area contributed by atoms with E-state index in [1.165, 1.54) is 59.9 Å². The Morgan fingerprint density at radius 2 is 0.532 bits per heavy atom. The van der Waals surface area contributed by atoms with E-state index >= 15 is 0 Å². The van der Waals surface area contributed by atoms with Crippen molar-refractivity contribution >= 4 is 87.2 Å². The third kappa shape index (κ3) is 8.58. The van der Waals surface area contributed by atoms with Crippen molar-refractivity contribution in [3.05, 3.63) is 340 Å². The summed E-state index contributed by atoms with van der Waals surface area (Å²) in [4.78, 5) is 11.5. The normalized spacial score (nSPS) is 11.8. The lowest BCUT2D eigenvalue weighted by atomic mass is 9.93. The minimum absolute atomic E-state index is 0.585. The Bertz CT molecular complexity index is 6210. The van der Waals surface area contributed by atoms with E-state index in [0.29, 0.717) is 5.95 Å². The van der Waals surface area contributed by atoms with Gasteiger partial charge in [0.1, 0.15) is 0 Å². The highest BCUT2D eigenvalue weighted by molar-refractivity contribution is 6.15. The van der Waals surface area contributed by atoms with Gasteiger partial charge in [-0.1, -0.05) is 231 Å². The first-order chi connectivity index (χ1) is 46.6. The number of nitrogens with zero attached hydrogens (tertiary/aromatic N) is 6. The van der Waals surface area contributed by atoms with Crippen LogP contribution in [0.1, 0.15) is 0 Å². The van der Waals surface area contributed by atoms with Crippen molar-refractivity contribution < 1.29 is 0 Å². The molecule has 0 fully saturated rings. The summed E-state index contributed by atoms with van der Waals surface area (Å²) in [7, 11) is 0. The van der Waals surface area contributed by atoms with Crippen LogP contribution in [0, 0.1) is 0 Å². The molecular weight excluding hydrogens is 1140 g/mol. The Kier molecular flexibility index (Phi) is 12.2. The standard InChI is InChI=1S/C88H56N6/c1-5-22-57(23-6-1)59-40-45-68(58-24-7-2-8-25-58)75(51-59)79-56-78(89-88(90-79)94-83-39-20-16-35-72(83)77-53-61(44-49-85(77)94)63-42-47-74-70-33-14-18-37-81(70)92(87(74)55-63)66-29-11-4-12-30-66)64-26-21-31-67(50-64)93-82-38-19-15-34-71(82)76-52-60(43-48-84(76)93)62-41-46-73-69-32-13-17-36-80(69)91(86(73)54-62)65-27-9-3-10-28-65/h1-56H. The van der Waals surface area contributed by atoms with Crippen molar-refractivity contribution in [3.63, 3.8) is 0 Å². The molecule has 5 heterocycles. The van der Waals surface area contributed by atoms with Crippen LogP contribution in [0.25, 0.3) is 177 Å². The summed E-state index contributed by atoms with van der Waals surface area (Å²) < 4.78 is 9.47. The van der Waals surface area contributed by atoms with Gasteiger partial charge in [-0.3, -0.25) is 4.57 Å². The quantitative estimate of drug-likeness (QED) is 0.137. The van der Waals surface area contributed by atoms with Gasteiger partial charge in [-0.25, -0.2) is 9.97 Å². The molecule has 438 valence electrons. The van der Waals surface area contributed by atoms with Crippen LogP contribution >= 0.6 is 0 Å². The van der Waals surface area contributed by atoms with E-state index in [2.05, 4.69) is 358 Å². The van der Waals surface area contributed by atoms with Crippen LogP contribution < -0.4 is 0 Å². The van der Waals surface area contributed by atoms with Crippen LogP contribution in [0.3, 0.4) is 0 Å². The monoisotopic (exact) mass is 1200 g/mol. The van der Waals surface area contributed by atoms with Crippen LogP contribution in [-0.2, 0) is 0 Å². The summed E-state index contributed by atoms with van der Waals surface area (Å²) >= 11 is 0. The molecule has 0 unspecified atom stereocenters. The molecule has 19 aromatic rings. The molecule has 6 heteroatoms. The van der Waals surface area contributed by atoms with Gasteiger partial charge in [0.2, 0.25) is 5.95 Å². The number of para-hydroxylation sites is 6. The summed E-state index contributed by atoms with van der Waals surface area (Å²) in [5, 5.41) is 9.56.